The van der Waals surface area contributed by atoms with Gasteiger partial charge < -0.3 is 14.8 Å². The number of hydrogen-bond donors (Lipinski definition) is 1. The molecule has 1 unspecified atom stereocenters. The number of fused-ring (bicyclic) bond motifs is 1. The van der Waals surface area contributed by atoms with Crippen molar-refractivity contribution in [3.05, 3.63) is 112 Å². The number of hydrogen-bond acceptors (Lipinski definition) is 7. The highest BCUT2D eigenvalue weighted by atomic mass is 32.2. The van der Waals surface area contributed by atoms with Crippen molar-refractivity contribution in [1.29, 1.82) is 0 Å². The Morgan fingerprint density at radius 2 is 1.76 bits per heavy atom. The molecule has 7 nitrogen and oxygen atoms in total. The van der Waals surface area contributed by atoms with Gasteiger partial charge in [0.1, 0.15) is 24.2 Å². The molecule has 1 aliphatic rings. The minimum atomic E-state index is -0.561. The number of ether oxygens (including phenoxy) is 2. The first-order valence-electron chi connectivity index (χ1n) is 13.9. The van der Waals surface area contributed by atoms with Crippen molar-refractivity contribution in [3.8, 4) is 5.75 Å². The monoisotopic (exact) mass is 586 g/mol. The summed E-state index contributed by atoms with van der Waals surface area (Å²) >= 11 is 1.33. The molecule has 2 heterocycles. The van der Waals surface area contributed by atoms with E-state index in [1.54, 1.807) is 29.8 Å². The van der Waals surface area contributed by atoms with Gasteiger partial charge in [0.2, 0.25) is 11.1 Å². The van der Waals surface area contributed by atoms with Gasteiger partial charge in [-0.2, -0.15) is 4.98 Å². The van der Waals surface area contributed by atoms with E-state index in [-0.39, 0.29) is 17.8 Å². The number of carbonyl (C=O) groups excluding carboxylic acids is 1. The summed E-state index contributed by atoms with van der Waals surface area (Å²) in [6.45, 7) is 10.9. The Labute approximate surface area is 250 Å². The molecule has 5 rings (SSSR count). The highest BCUT2D eigenvalue weighted by Crippen LogP contribution is 2.37. The van der Waals surface area contributed by atoms with Gasteiger partial charge in [-0.25, -0.2) is 13.9 Å². The second-order valence-corrected chi connectivity index (χ2v) is 12.1. The maximum absolute atomic E-state index is 14.2. The average Bonchev–Trinajstić information content (AvgIpc) is 3.37. The maximum Gasteiger partial charge on any atom is 0.338 e. The van der Waals surface area contributed by atoms with Crippen molar-refractivity contribution in [3.63, 3.8) is 0 Å². The molecule has 4 aromatic rings. The third-order valence-electron chi connectivity index (χ3n) is 7.06. The van der Waals surface area contributed by atoms with Crippen LogP contribution in [0.5, 0.6) is 5.75 Å². The Balaban J connectivity index is 1.37. The number of aromatic nitrogens is 3. The molecular weight excluding hydrogens is 551 g/mol. The quantitative estimate of drug-likeness (QED) is 0.161. The fraction of sp³-hybridized carbons (Fsp3) is 0.303. The van der Waals surface area contributed by atoms with E-state index < -0.39 is 12.0 Å². The Bertz CT molecular complexity index is 1590. The molecule has 0 bridgehead atoms. The standard InChI is InChI=1S/C33H35FN4O3S/c1-6-40-30(39)28-21(2)35-31-36-32(42-20-24-9-7-8-10-27(24)34)37-38(31)29(28)23-13-17-26(18-14-23)41-19-22-11-15-25(16-12-22)33(3,4)5/h7-18,29H,6,19-20H2,1-5H3,(H,35,36,37). The summed E-state index contributed by atoms with van der Waals surface area (Å²) in [7, 11) is 0. The lowest BCUT2D eigenvalue weighted by atomic mass is 9.87. The van der Waals surface area contributed by atoms with E-state index in [0.29, 0.717) is 46.0 Å². The van der Waals surface area contributed by atoms with Crippen LogP contribution >= 0.6 is 11.8 Å². The number of nitrogens with one attached hydrogen (secondary N) is 1. The molecule has 1 atom stereocenters. The third kappa shape index (κ3) is 6.51. The molecule has 0 fully saturated rings. The summed E-state index contributed by atoms with van der Waals surface area (Å²) in [6, 6.07) is 22.2. The largest absolute Gasteiger partial charge is 0.489 e. The lowest BCUT2D eigenvalue weighted by Gasteiger charge is -2.28. The summed E-state index contributed by atoms with van der Waals surface area (Å²) in [5, 5.41) is 8.38. The summed E-state index contributed by atoms with van der Waals surface area (Å²) < 4.78 is 27.3. The third-order valence-corrected chi connectivity index (χ3v) is 7.95. The number of thioether (sulfide) groups is 1. The molecule has 42 heavy (non-hydrogen) atoms. The smallest absolute Gasteiger partial charge is 0.338 e. The topological polar surface area (TPSA) is 78.3 Å². The fourth-order valence-electron chi connectivity index (χ4n) is 4.75. The second kappa shape index (κ2) is 12.4. The zero-order valence-electron chi connectivity index (χ0n) is 24.5. The molecule has 3 aromatic carbocycles. The van der Waals surface area contributed by atoms with E-state index in [1.807, 2.05) is 31.2 Å². The van der Waals surface area contributed by atoms with Gasteiger partial charge in [-0.3, -0.25) is 0 Å². The Morgan fingerprint density at radius 1 is 1.05 bits per heavy atom. The van der Waals surface area contributed by atoms with E-state index in [1.165, 1.54) is 23.4 Å². The summed E-state index contributed by atoms with van der Waals surface area (Å²) in [4.78, 5) is 17.7. The van der Waals surface area contributed by atoms with Gasteiger partial charge in [-0.15, -0.1) is 5.10 Å². The summed E-state index contributed by atoms with van der Waals surface area (Å²) in [5.74, 6) is 0.902. The van der Waals surface area contributed by atoms with Gasteiger partial charge >= 0.3 is 5.97 Å². The highest BCUT2D eigenvalue weighted by Gasteiger charge is 2.35. The number of carbonyl (C=O) groups is 1. The molecule has 218 valence electrons. The molecule has 0 saturated heterocycles. The van der Waals surface area contributed by atoms with Crippen LogP contribution < -0.4 is 10.1 Å². The molecule has 0 aliphatic carbocycles. The number of rotatable bonds is 9. The van der Waals surface area contributed by atoms with E-state index >= 15 is 0 Å². The molecule has 9 heteroatoms. The number of benzene rings is 3. The van der Waals surface area contributed by atoms with Crippen LogP contribution in [-0.2, 0) is 27.3 Å². The number of esters is 1. The predicted molar refractivity (Wildman–Crippen MR) is 163 cm³/mol. The number of anilines is 1. The van der Waals surface area contributed by atoms with E-state index in [4.69, 9.17) is 14.6 Å². The van der Waals surface area contributed by atoms with Crippen molar-refractivity contribution in [2.75, 3.05) is 11.9 Å². The molecule has 1 aliphatic heterocycles. The number of nitrogens with zero attached hydrogens (tertiary/aromatic N) is 3. The van der Waals surface area contributed by atoms with Crippen LogP contribution in [0.3, 0.4) is 0 Å². The van der Waals surface area contributed by atoms with Crippen molar-refractivity contribution in [2.24, 2.45) is 0 Å². The molecule has 0 saturated carbocycles. The van der Waals surface area contributed by atoms with Gasteiger partial charge in [0.15, 0.2) is 0 Å². The number of allylic oxidation sites excluding steroid dienone is 1. The first-order valence-corrected chi connectivity index (χ1v) is 14.9. The normalized spacial score (nSPS) is 14.8. The van der Waals surface area contributed by atoms with Crippen LogP contribution in [0.15, 0.2) is 89.2 Å². The second-order valence-electron chi connectivity index (χ2n) is 11.1. The molecule has 1 N–H and O–H groups in total. The van der Waals surface area contributed by atoms with E-state index in [2.05, 4.69) is 55.3 Å². The first-order chi connectivity index (χ1) is 20.1. The lowest BCUT2D eigenvalue weighted by Crippen LogP contribution is -2.29. The van der Waals surface area contributed by atoms with Gasteiger partial charge in [0.25, 0.3) is 0 Å². The van der Waals surface area contributed by atoms with Gasteiger partial charge in [0, 0.05) is 11.4 Å². The SMILES string of the molecule is CCOC(=O)C1=C(C)Nc2nc(SCc3ccccc3F)nn2C1c1ccc(OCc2ccc(C(C)(C)C)cc2)cc1. The maximum atomic E-state index is 14.2. The zero-order valence-corrected chi connectivity index (χ0v) is 25.3. The fourth-order valence-corrected chi connectivity index (χ4v) is 5.56. The van der Waals surface area contributed by atoms with Gasteiger partial charge in [-0.05, 0) is 59.7 Å². The van der Waals surface area contributed by atoms with Crippen molar-refractivity contribution in [2.45, 2.75) is 63.6 Å². The Morgan fingerprint density at radius 3 is 2.43 bits per heavy atom. The molecular formula is C33H35FN4O3S. The van der Waals surface area contributed by atoms with Crippen molar-refractivity contribution in [1.82, 2.24) is 14.8 Å². The summed E-state index contributed by atoms with van der Waals surface area (Å²) in [6.07, 6.45) is 0. The predicted octanol–water partition coefficient (Wildman–Crippen LogP) is 7.44. The van der Waals surface area contributed by atoms with Crippen molar-refractivity contribution >= 4 is 23.7 Å². The lowest BCUT2D eigenvalue weighted by molar-refractivity contribution is -0.139. The molecule has 1 aromatic heterocycles. The van der Waals surface area contributed by atoms with Crippen molar-refractivity contribution < 1.29 is 18.7 Å². The highest BCUT2D eigenvalue weighted by molar-refractivity contribution is 7.98. The van der Waals surface area contributed by atoms with Crippen LogP contribution in [0, 0.1) is 5.82 Å². The van der Waals surface area contributed by atoms with E-state index in [0.717, 1.165) is 11.1 Å². The molecule has 0 spiro atoms. The Kier molecular flexibility index (Phi) is 8.68. The minimum Gasteiger partial charge on any atom is -0.489 e. The van der Waals surface area contributed by atoms with Gasteiger partial charge in [0.05, 0.1) is 12.2 Å². The minimum absolute atomic E-state index is 0.0995. The summed E-state index contributed by atoms with van der Waals surface area (Å²) in [5.41, 5.74) is 4.96. The molecule has 0 amide bonds. The van der Waals surface area contributed by atoms with Crippen LogP contribution in [0.4, 0.5) is 10.3 Å². The van der Waals surface area contributed by atoms with Gasteiger partial charge in [-0.1, -0.05) is 87.1 Å². The average molecular weight is 587 g/mol. The zero-order chi connectivity index (χ0) is 29.9. The van der Waals surface area contributed by atoms with Crippen LogP contribution in [0.25, 0.3) is 0 Å². The van der Waals surface area contributed by atoms with Crippen LogP contribution in [0.1, 0.15) is 62.9 Å². The number of halogens is 1. The van der Waals surface area contributed by atoms with Crippen LogP contribution in [-0.4, -0.2) is 27.3 Å². The first kappa shape index (κ1) is 29.4. The Hall–Kier alpha value is -4.11. The molecule has 0 radical (unpaired) electrons. The van der Waals surface area contributed by atoms with Crippen LogP contribution in [0.2, 0.25) is 0 Å². The van der Waals surface area contributed by atoms with E-state index in [9.17, 15) is 9.18 Å².